The normalized spacial score (nSPS) is 12.0. The maximum atomic E-state index is 12.4. The topological polar surface area (TPSA) is 80.0 Å². The zero-order valence-corrected chi connectivity index (χ0v) is 13.4. The first-order valence-corrected chi connectivity index (χ1v) is 7.92. The van der Waals surface area contributed by atoms with Crippen LogP contribution in [0.3, 0.4) is 0 Å². The number of nitrogens with zero attached hydrogens (tertiary/aromatic N) is 1. The van der Waals surface area contributed by atoms with E-state index in [4.69, 9.17) is 5.84 Å². The molecule has 0 radical (unpaired) electrons. The average molecular weight is 292 g/mol. The van der Waals surface area contributed by atoms with Crippen LogP contribution in [-0.4, -0.2) is 16.9 Å². The molecule has 4 N–H and O–H groups in total. The summed E-state index contributed by atoms with van der Waals surface area (Å²) in [5.74, 6) is 5.90. The lowest BCUT2D eigenvalue weighted by molar-refractivity contribution is 0.0932. The van der Waals surface area contributed by atoms with Crippen molar-refractivity contribution in [3.05, 3.63) is 23.4 Å². The number of rotatable bonds is 9. The molecular formula is C16H28N4O. The minimum atomic E-state index is -0.0434. The molecule has 118 valence electrons. The van der Waals surface area contributed by atoms with Crippen molar-refractivity contribution < 1.29 is 4.79 Å². The number of nitrogens with two attached hydrogens (primary N) is 1. The Morgan fingerprint density at radius 2 is 2.00 bits per heavy atom. The molecule has 0 aliphatic carbocycles. The quantitative estimate of drug-likeness (QED) is 0.483. The summed E-state index contributed by atoms with van der Waals surface area (Å²) in [6.45, 7) is 6.31. The van der Waals surface area contributed by atoms with E-state index in [9.17, 15) is 4.79 Å². The van der Waals surface area contributed by atoms with Crippen molar-refractivity contribution in [1.29, 1.82) is 0 Å². The van der Waals surface area contributed by atoms with E-state index >= 15 is 0 Å². The fraction of sp³-hybridized carbons (Fsp3) is 0.625. The van der Waals surface area contributed by atoms with Crippen LogP contribution in [0.25, 0.3) is 0 Å². The number of hydrogen-bond donors (Lipinski definition) is 3. The molecule has 1 aromatic heterocycles. The van der Waals surface area contributed by atoms with Gasteiger partial charge in [0.05, 0.1) is 0 Å². The summed E-state index contributed by atoms with van der Waals surface area (Å²) in [6.07, 6.45) is 6.16. The number of amides is 1. The van der Waals surface area contributed by atoms with Gasteiger partial charge in [-0.1, -0.05) is 40.0 Å². The highest BCUT2D eigenvalue weighted by Gasteiger charge is 2.14. The van der Waals surface area contributed by atoms with E-state index in [-0.39, 0.29) is 11.9 Å². The van der Waals surface area contributed by atoms with Gasteiger partial charge in [-0.25, -0.2) is 10.8 Å². The summed E-state index contributed by atoms with van der Waals surface area (Å²) in [6, 6.07) is 3.77. The molecule has 0 aliphatic rings. The number of aryl methyl sites for hydroxylation is 1. The number of nitrogens with one attached hydrogen (secondary N) is 2. The molecule has 0 saturated heterocycles. The Kier molecular flexibility index (Phi) is 7.75. The number of carbonyl (C=O) groups is 1. The molecule has 1 unspecified atom stereocenters. The zero-order valence-electron chi connectivity index (χ0n) is 13.4. The van der Waals surface area contributed by atoms with Crippen molar-refractivity contribution in [3.8, 4) is 0 Å². The number of nitrogen functional groups attached to an aromatic ring is 1. The van der Waals surface area contributed by atoms with E-state index in [1.165, 1.54) is 0 Å². The van der Waals surface area contributed by atoms with Gasteiger partial charge in [0, 0.05) is 17.3 Å². The molecule has 1 rings (SSSR count). The molecule has 0 bridgehead atoms. The molecule has 0 aliphatic heterocycles. The predicted octanol–water partition coefficient (Wildman–Crippen LogP) is 3.02. The first-order chi connectivity index (χ1) is 10.1. The van der Waals surface area contributed by atoms with E-state index in [2.05, 4.69) is 29.6 Å². The SMILES string of the molecule is CCCCC(CCC)NC(=O)c1cc(CC)nc(NN)c1. The number of pyridine rings is 1. The van der Waals surface area contributed by atoms with Gasteiger partial charge >= 0.3 is 0 Å². The van der Waals surface area contributed by atoms with Crippen LogP contribution in [0, 0.1) is 0 Å². The van der Waals surface area contributed by atoms with Crippen molar-refractivity contribution >= 4 is 11.7 Å². The maximum Gasteiger partial charge on any atom is 0.251 e. The van der Waals surface area contributed by atoms with Crippen LogP contribution >= 0.6 is 0 Å². The maximum absolute atomic E-state index is 12.4. The second kappa shape index (κ2) is 9.34. The number of hydrazine groups is 1. The lowest BCUT2D eigenvalue weighted by Crippen LogP contribution is -2.35. The van der Waals surface area contributed by atoms with E-state index in [1.807, 2.05) is 13.0 Å². The van der Waals surface area contributed by atoms with E-state index < -0.39 is 0 Å². The fourth-order valence-electron chi connectivity index (χ4n) is 2.33. The number of hydrogen-bond acceptors (Lipinski definition) is 4. The molecule has 0 saturated carbocycles. The van der Waals surface area contributed by atoms with E-state index in [1.54, 1.807) is 6.07 Å². The average Bonchev–Trinajstić information content (AvgIpc) is 2.52. The van der Waals surface area contributed by atoms with Crippen LogP contribution in [-0.2, 0) is 6.42 Å². The highest BCUT2D eigenvalue weighted by molar-refractivity contribution is 5.95. The van der Waals surface area contributed by atoms with E-state index in [0.29, 0.717) is 11.4 Å². The summed E-state index contributed by atoms with van der Waals surface area (Å²) in [5.41, 5.74) is 3.99. The molecule has 5 nitrogen and oxygen atoms in total. The fourth-order valence-corrected chi connectivity index (χ4v) is 2.33. The molecule has 0 aromatic carbocycles. The third-order valence-corrected chi connectivity index (χ3v) is 3.53. The van der Waals surface area contributed by atoms with Gasteiger partial charge in [0.2, 0.25) is 0 Å². The Balaban J connectivity index is 2.80. The number of anilines is 1. The molecule has 1 aromatic rings. The van der Waals surface area contributed by atoms with Crippen LogP contribution in [0.5, 0.6) is 0 Å². The van der Waals surface area contributed by atoms with Gasteiger partial charge in [0.15, 0.2) is 0 Å². The number of carbonyl (C=O) groups excluding carboxylic acids is 1. The van der Waals surface area contributed by atoms with Crippen molar-refractivity contribution in [3.63, 3.8) is 0 Å². The van der Waals surface area contributed by atoms with Gasteiger partial charge in [-0.3, -0.25) is 4.79 Å². The van der Waals surface area contributed by atoms with Gasteiger partial charge in [0.25, 0.3) is 5.91 Å². The molecule has 1 heterocycles. The van der Waals surface area contributed by atoms with Crippen LogP contribution in [0.4, 0.5) is 5.82 Å². The first-order valence-electron chi connectivity index (χ1n) is 7.92. The Morgan fingerprint density at radius 1 is 1.24 bits per heavy atom. The first kappa shape index (κ1) is 17.4. The molecule has 0 spiro atoms. The molecular weight excluding hydrogens is 264 g/mol. The molecule has 5 heteroatoms. The predicted molar refractivity (Wildman–Crippen MR) is 87.1 cm³/mol. The highest BCUT2D eigenvalue weighted by Crippen LogP contribution is 2.13. The minimum absolute atomic E-state index is 0.0434. The monoisotopic (exact) mass is 292 g/mol. The Morgan fingerprint density at radius 3 is 2.57 bits per heavy atom. The van der Waals surface area contributed by atoms with Crippen LogP contribution in [0.1, 0.15) is 68.9 Å². The third-order valence-electron chi connectivity index (χ3n) is 3.53. The lowest BCUT2D eigenvalue weighted by atomic mass is 10.0. The van der Waals surface area contributed by atoms with Crippen molar-refractivity contribution in [2.24, 2.45) is 5.84 Å². The van der Waals surface area contributed by atoms with Crippen molar-refractivity contribution in [2.45, 2.75) is 65.3 Å². The van der Waals surface area contributed by atoms with Gasteiger partial charge in [-0.15, -0.1) is 0 Å². The van der Waals surface area contributed by atoms with Crippen LogP contribution in [0.2, 0.25) is 0 Å². The standard InChI is InChI=1S/C16H28N4O/c1-4-7-9-14(8-5-2)19-16(21)12-10-13(6-3)18-15(11-12)20-17/h10-11,14H,4-9,17H2,1-3H3,(H,18,20)(H,19,21). The minimum Gasteiger partial charge on any atom is -0.349 e. The summed E-state index contributed by atoms with van der Waals surface area (Å²) in [5, 5.41) is 3.14. The lowest BCUT2D eigenvalue weighted by Gasteiger charge is -2.18. The largest absolute Gasteiger partial charge is 0.349 e. The smallest absolute Gasteiger partial charge is 0.251 e. The molecule has 1 amide bonds. The zero-order chi connectivity index (χ0) is 15.7. The Labute approximate surface area is 127 Å². The number of aromatic nitrogens is 1. The van der Waals surface area contributed by atoms with Crippen molar-refractivity contribution in [2.75, 3.05) is 5.43 Å². The summed E-state index contributed by atoms with van der Waals surface area (Å²) < 4.78 is 0. The van der Waals surface area contributed by atoms with Gasteiger partial charge in [0.1, 0.15) is 5.82 Å². The van der Waals surface area contributed by atoms with Crippen molar-refractivity contribution in [1.82, 2.24) is 10.3 Å². The summed E-state index contributed by atoms with van der Waals surface area (Å²) in [7, 11) is 0. The third kappa shape index (κ3) is 5.71. The second-order valence-electron chi connectivity index (χ2n) is 5.33. The highest BCUT2D eigenvalue weighted by atomic mass is 16.1. The Bertz CT molecular complexity index is 426. The summed E-state index contributed by atoms with van der Waals surface area (Å²) in [4.78, 5) is 16.7. The second-order valence-corrected chi connectivity index (χ2v) is 5.33. The molecule has 1 atom stereocenters. The molecule has 21 heavy (non-hydrogen) atoms. The van der Waals surface area contributed by atoms with Crippen LogP contribution in [0.15, 0.2) is 12.1 Å². The molecule has 0 fully saturated rings. The van der Waals surface area contributed by atoms with Gasteiger partial charge < -0.3 is 10.7 Å². The summed E-state index contributed by atoms with van der Waals surface area (Å²) >= 11 is 0. The Hall–Kier alpha value is -1.62. The van der Waals surface area contributed by atoms with E-state index in [0.717, 1.165) is 44.2 Å². The van der Waals surface area contributed by atoms with Crippen LogP contribution < -0.4 is 16.6 Å². The van der Waals surface area contributed by atoms with Gasteiger partial charge in [-0.2, -0.15) is 0 Å². The van der Waals surface area contributed by atoms with Gasteiger partial charge in [-0.05, 0) is 31.4 Å². The number of unbranched alkanes of at least 4 members (excludes halogenated alkanes) is 1.